The van der Waals surface area contributed by atoms with Crippen molar-refractivity contribution in [2.75, 3.05) is 19.7 Å². The number of likely N-dealkylation sites (tertiary alicyclic amines) is 1. The Morgan fingerprint density at radius 1 is 1.43 bits per heavy atom. The summed E-state index contributed by atoms with van der Waals surface area (Å²) in [4.78, 5) is 13.9. The van der Waals surface area contributed by atoms with Crippen LogP contribution in [0.1, 0.15) is 25.3 Å². The molecular formula is C16H22N2O2S. The van der Waals surface area contributed by atoms with Crippen LogP contribution in [0.25, 0.3) is 0 Å². The van der Waals surface area contributed by atoms with Crippen LogP contribution < -0.4 is 5.32 Å². The SMILES string of the molecule is CCOC(=O)C1CCCN(C(=S)NCc2ccccc2)C1. The number of carbonyl (C=O) groups is 1. The maximum atomic E-state index is 11.8. The molecule has 1 unspecified atom stereocenters. The first-order valence-electron chi connectivity index (χ1n) is 7.44. The highest BCUT2D eigenvalue weighted by Crippen LogP contribution is 2.18. The number of benzene rings is 1. The van der Waals surface area contributed by atoms with E-state index >= 15 is 0 Å². The van der Waals surface area contributed by atoms with E-state index in [9.17, 15) is 4.79 Å². The zero-order valence-electron chi connectivity index (χ0n) is 12.4. The minimum atomic E-state index is -0.104. The summed E-state index contributed by atoms with van der Waals surface area (Å²) in [6.07, 6.45) is 1.85. The molecule has 0 aliphatic carbocycles. The van der Waals surface area contributed by atoms with Gasteiger partial charge in [-0.15, -0.1) is 0 Å². The lowest BCUT2D eigenvalue weighted by Gasteiger charge is -2.33. The van der Waals surface area contributed by atoms with Gasteiger partial charge in [-0.25, -0.2) is 0 Å². The lowest BCUT2D eigenvalue weighted by atomic mass is 9.98. The van der Waals surface area contributed by atoms with Crippen molar-refractivity contribution in [1.82, 2.24) is 10.2 Å². The lowest BCUT2D eigenvalue weighted by Crippen LogP contribution is -2.47. The number of thiocarbonyl (C=S) groups is 1. The summed E-state index contributed by atoms with van der Waals surface area (Å²) >= 11 is 5.44. The Labute approximate surface area is 131 Å². The smallest absolute Gasteiger partial charge is 0.310 e. The zero-order valence-corrected chi connectivity index (χ0v) is 13.2. The molecule has 0 aromatic heterocycles. The molecule has 0 spiro atoms. The Morgan fingerprint density at radius 3 is 2.90 bits per heavy atom. The second-order valence-corrected chi connectivity index (χ2v) is 5.57. The van der Waals surface area contributed by atoms with Crippen LogP contribution in [0.2, 0.25) is 0 Å². The third-order valence-corrected chi connectivity index (χ3v) is 4.02. The Kier molecular flexibility index (Phi) is 5.99. The number of carbonyl (C=O) groups excluding carboxylic acids is 1. The average Bonchev–Trinajstić information content (AvgIpc) is 2.54. The van der Waals surface area contributed by atoms with Crippen LogP contribution in [0.4, 0.5) is 0 Å². The lowest BCUT2D eigenvalue weighted by molar-refractivity contribution is -0.149. The third-order valence-electron chi connectivity index (χ3n) is 3.62. The second-order valence-electron chi connectivity index (χ2n) is 5.18. The summed E-state index contributed by atoms with van der Waals surface area (Å²) in [6.45, 7) is 4.53. The van der Waals surface area contributed by atoms with Crippen molar-refractivity contribution in [3.05, 3.63) is 35.9 Å². The van der Waals surface area contributed by atoms with E-state index in [0.717, 1.165) is 19.4 Å². The van der Waals surface area contributed by atoms with Crippen molar-refractivity contribution in [1.29, 1.82) is 0 Å². The Balaban J connectivity index is 1.83. The van der Waals surface area contributed by atoms with Gasteiger partial charge >= 0.3 is 5.97 Å². The number of rotatable bonds is 4. The summed E-state index contributed by atoms with van der Waals surface area (Å²) in [5.74, 6) is -0.164. The van der Waals surface area contributed by atoms with Gasteiger partial charge in [-0.1, -0.05) is 30.3 Å². The Hall–Kier alpha value is -1.62. The fourth-order valence-electron chi connectivity index (χ4n) is 2.50. The van der Waals surface area contributed by atoms with Crippen LogP contribution in [-0.2, 0) is 16.1 Å². The second kappa shape index (κ2) is 7.98. The normalized spacial score (nSPS) is 18.1. The first kappa shape index (κ1) is 15.8. The fraction of sp³-hybridized carbons (Fsp3) is 0.500. The molecule has 1 aromatic carbocycles. The number of esters is 1. The van der Waals surface area contributed by atoms with E-state index in [2.05, 4.69) is 22.3 Å². The molecule has 1 aliphatic rings. The number of ether oxygens (including phenoxy) is 1. The van der Waals surface area contributed by atoms with Gasteiger partial charge in [-0.2, -0.15) is 0 Å². The van der Waals surface area contributed by atoms with E-state index in [0.29, 0.717) is 24.8 Å². The molecule has 2 rings (SSSR count). The molecule has 0 saturated carbocycles. The standard InChI is InChI=1S/C16H22N2O2S/c1-2-20-15(19)14-9-6-10-18(12-14)16(21)17-11-13-7-4-3-5-8-13/h3-5,7-8,14H,2,6,9-12H2,1H3,(H,17,21). The minimum absolute atomic E-state index is 0.0600. The van der Waals surface area contributed by atoms with Gasteiger partial charge in [0.25, 0.3) is 0 Å². The first-order chi connectivity index (χ1) is 10.2. The van der Waals surface area contributed by atoms with Gasteiger partial charge in [0.15, 0.2) is 5.11 Å². The van der Waals surface area contributed by atoms with Crippen LogP contribution in [0, 0.1) is 5.92 Å². The highest BCUT2D eigenvalue weighted by atomic mass is 32.1. The van der Waals surface area contributed by atoms with Gasteiger partial charge < -0.3 is 15.0 Å². The predicted molar refractivity (Wildman–Crippen MR) is 86.8 cm³/mol. The van der Waals surface area contributed by atoms with Crippen molar-refractivity contribution in [2.24, 2.45) is 5.92 Å². The molecule has 5 heteroatoms. The number of piperidine rings is 1. The molecule has 1 atom stereocenters. The molecule has 1 aromatic rings. The van der Waals surface area contributed by atoms with Gasteiger partial charge in [0, 0.05) is 19.6 Å². The van der Waals surface area contributed by atoms with Crippen molar-refractivity contribution >= 4 is 23.3 Å². The summed E-state index contributed by atoms with van der Waals surface area (Å²) in [5.41, 5.74) is 1.19. The van der Waals surface area contributed by atoms with E-state index in [4.69, 9.17) is 17.0 Å². The molecule has 1 aliphatic heterocycles. The molecule has 4 nitrogen and oxygen atoms in total. The number of hydrogen-bond donors (Lipinski definition) is 1. The van der Waals surface area contributed by atoms with Crippen LogP contribution in [0.15, 0.2) is 30.3 Å². The summed E-state index contributed by atoms with van der Waals surface area (Å²) in [6, 6.07) is 10.1. The number of hydrogen-bond acceptors (Lipinski definition) is 3. The topological polar surface area (TPSA) is 41.6 Å². The molecule has 0 amide bonds. The van der Waals surface area contributed by atoms with Crippen molar-refractivity contribution in [3.8, 4) is 0 Å². The van der Waals surface area contributed by atoms with E-state index in [-0.39, 0.29) is 11.9 Å². The molecule has 114 valence electrons. The Bertz CT molecular complexity index is 478. The summed E-state index contributed by atoms with van der Waals surface area (Å²) in [7, 11) is 0. The Morgan fingerprint density at radius 2 is 2.19 bits per heavy atom. The zero-order chi connectivity index (χ0) is 15.1. The monoisotopic (exact) mass is 306 g/mol. The molecule has 0 bridgehead atoms. The molecule has 1 N–H and O–H groups in total. The van der Waals surface area contributed by atoms with E-state index < -0.39 is 0 Å². The number of nitrogens with zero attached hydrogens (tertiary/aromatic N) is 1. The summed E-state index contributed by atoms with van der Waals surface area (Å²) < 4.78 is 5.11. The molecule has 0 radical (unpaired) electrons. The van der Waals surface area contributed by atoms with Crippen molar-refractivity contribution in [2.45, 2.75) is 26.3 Å². The molecule has 1 saturated heterocycles. The van der Waals surface area contributed by atoms with Crippen molar-refractivity contribution in [3.63, 3.8) is 0 Å². The molecule has 21 heavy (non-hydrogen) atoms. The largest absolute Gasteiger partial charge is 0.466 e. The van der Waals surface area contributed by atoms with Crippen LogP contribution >= 0.6 is 12.2 Å². The highest BCUT2D eigenvalue weighted by molar-refractivity contribution is 7.80. The van der Waals surface area contributed by atoms with Crippen LogP contribution in [-0.4, -0.2) is 35.7 Å². The third kappa shape index (κ3) is 4.70. The van der Waals surface area contributed by atoms with E-state index in [1.54, 1.807) is 0 Å². The number of nitrogens with one attached hydrogen (secondary N) is 1. The maximum absolute atomic E-state index is 11.8. The predicted octanol–water partition coefficient (Wildman–Crippen LogP) is 2.34. The van der Waals surface area contributed by atoms with Gasteiger partial charge in [0.1, 0.15) is 0 Å². The van der Waals surface area contributed by atoms with E-state index in [1.807, 2.05) is 25.1 Å². The minimum Gasteiger partial charge on any atom is -0.466 e. The van der Waals surface area contributed by atoms with Gasteiger partial charge in [0.05, 0.1) is 12.5 Å². The van der Waals surface area contributed by atoms with Gasteiger partial charge in [0.2, 0.25) is 0 Å². The molecular weight excluding hydrogens is 284 g/mol. The highest BCUT2D eigenvalue weighted by Gasteiger charge is 2.27. The fourth-order valence-corrected chi connectivity index (χ4v) is 2.74. The van der Waals surface area contributed by atoms with Crippen LogP contribution in [0.5, 0.6) is 0 Å². The van der Waals surface area contributed by atoms with Gasteiger partial charge in [-0.05, 0) is 37.5 Å². The molecule has 1 heterocycles. The van der Waals surface area contributed by atoms with Gasteiger partial charge in [-0.3, -0.25) is 4.79 Å². The summed E-state index contributed by atoms with van der Waals surface area (Å²) in [5, 5.41) is 3.98. The van der Waals surface area contributed by atoms with Crippen LogP contribution in [0.3, 0.4) is 0 Å². The quantitative estimate of drug-likeness (QED) is 0.683. The molecule has 1 fully saturated rings. The van der Waals surface area contributed by atoms with E-state index in [1.165, 1.54) is 5.56 Å². The average molecular weight is 306 g/mol. The first-order valence-corrected chi connectivity index (χ1v) is 7.85. The van der Waals surface area contributed by atoms with Crippen molar-refractivity contribution < 1.29 is 9.53 Å². The maximum Gasteiger partial charge on any atom is 0.310 e.